The summed E-state index contributed by atoms with van der Waals surface area (Å²) in [6.45, 7) is 4.42. The number of primary amides is 1. The van der Waals surface area contributed by atoms with Gasteiger partial charge in [-0.2, -0.15) is 0 Å². The first kappa shape index (κ1) is 15.3. The molecule has 0 saturated carbocycles. The van der Waals surface area contributed by atoms with E-state index in [0.29, 0.717) is 32.8 Å². The topological polar surface area (TPSA) is 75.9 Å². The number of ether oxygens (including phenoxy) is 1. The van der Waals surface area contributed by atoms with Crippen LogP contribution in [-0.4, -0.2) is 54.6 Å². The zero-order chi connectivity index (χ0) is 15.2. The Morgan fingerprint density at radius 3 is 2.33 bits per heavy atom. The van der Waals surface area contributed by atoms with E-state index in [1.807, 2.05) is 35.2 Å². The van der Waals surface area contributed by atoms with E-state index in [1.54, 1.807) is 11.8 Å². The second kappa shape index (κ2) is 7.08. The molecule has 2 N–H and O–H groups in total. The third kappa shape index (κ3) is 3.72. The molecule has 1 aliphatic heterocycles. The molecule has 0 aromatic heterocycles. The Morgan fingerprint density at radius 1 is 1.19 bits per heavy atom. The van der Waals surface area contributed by atoms with E-state index in [4.69, 9.17) is 10.5 Å². The van der Waals surface area contributed by atoms with Crippen LogP contribution >= 0.6 is 0 Å². The van der Waals surface area contributed by atoms with Gasteiger partial charge in [-0.1, -0.05) is 30.3 Å². The van der Waals surface area contributed by atoms with Crippen molar-refractivity contribution in [2.24, 2.45) is 5.73 Å². The number of benzene rings is 1. The molecule has 6 heteroatoms. The van der Waals surface area contributed by atoms with E-state index in [1.165, 1.54) is 0 Å². The maximum Gasteiger partial charge on any atom is 0.409 e. The molecule has 21 heavy (non-hydrogen) atoms. The Hall–Kier alpha value is -2.08. The summed E-state index contributed by atoms with van der Waals surface area (Å²) in [7, 11) is 0. The number of hydrogen-bond donors (Lipinski definition) is 1. The molecule has 0 bridgehead atoms. The molecule has 1 fully saturated rings. The summed E-state index contributed by atoms with van der Waals surface area (Å²) in [6.07, 6.45) is -0.299. The molecule has 1 atom stereocenters. The van der Waals surface area contributed by atoms with E-state index >= 15 is 0 Å². The fourth-order valence-electron chi connectivity index (χ4n) is 2.57. The van der Waals surface area contributed by atoms with Crippen LogP contribution in [0.4, 0.5) is 4.79 Å². The third-order valence-corrected chi connectivity index (χ3v) is 3.59. The van der Waals surface area contributed by atoms with Crippen molar-refractivity contribution in [1.29, 1.82) is 0 Å². The molecule has 1 saturated heterocycles. The fourth-order valence-corrected chi connectivity index (χ4v) is 2.57. The van der Waals surface area contributed by atoms with Crippen molar-refractivity contribution in [3.63, 3.8) is 0 Å². The highest BCUT2D eigenvalue weighted by Gasteiger charge is 2.30. The number of hydrogen-bond acceptors (Lipinski definition) is 4. The minimum atomic E-state index is -0.449. The summed E-state index contributed by atoms with van der Waals surface area (Å²) in [5.74, 6) is -0.370. The maximum absolute atomic E-state index is 11.8. The van der Waals surface area contributed by atoms with Crippen molar-refractivity contribution in [2.75, 3.05) is 32.8 Å². The molecule has 114 valence electrons. The normalized spacial score (nSPS) is 17.3. The molecule has 2 amide bonds. The SMILES string of the molecule is CCOC(=O)N1CCN([C@H](C(N)=O)c2ccccc2)CC1. The van der Waals surface area contributed by atoms with Crippen molar-refractivity contribution < 1.29 is 14.3 Å². The minimum absolute atomic E-state index is 0.299. The molecule has 0 spiro atoms. The van der Waals surface area contributed by atoms with Gasteiger partial charge in [0.2, 0.25) is 5.91 Å². The molecule has 1 heterocycles. The summed E-state index contributed by atoms with van der Waals surface area (Å²) < 4.78 is 4.99. The predicted octanol–water partition coefficient (Wildman–Crippen LogP) is 0.987. The predicted molar refractivity (Wildman–Crippen MR) is 78.5 cm³/mol. The van der Waals surface area contributed by atoms with Crippen LogP contribution in [0.3, 0.4) is 0 Å². The molecular formula is C15H21N3O3. The van der Waals surface area contributed by atoms with Gasteiger partial charge in [-0.15, -0.1) is 0 Å². The van der Waals surface area contributed by atoms with Gasteiger partial charge in [0, 0.05) is 26.2 Å². The van der Waals surface area contributed by atoms with Gasteiger partial charge in [0.1, 0.15) is 6.04 Å². The smallest absolute Gasteiger partial charge is 0.409 e. The van der Waals surface area contributed by atoms with Crippen LogP contribution in [0, 0.1) is 0 Å². The second-order valence-electron chi connectivity index (χ2n) is 4.94. The molecular weight excluding hydrogens is 270 g/mol. The van der Waals surface area contributed by atoms with Crippen LogP contribution in [0.1, 0.15) is 18.5 Å². The van der Waals surface area contributed by atoms with Crippen molar-refractivity contribution >= 4 is 12.0 Å². The Kier molecular flexibility index (Phi) is 5.16. The zero-order valence-electron chi connectivity index (χ0n) is 12.2. The van der Waals surface area contributed by atoms with Crippen LogP contribution in [0.15, 0.2) is 30.3 Å². The average molecular weight is 291 g/mol. The van der Waals surface area contributed by atoms with Gasteiger partial charge in [0.05, 0.1) is 6.61 Å². The molecule has 1 aromatic rings. The lowest BCUT2D eigenvalue weighted by molar-refractivity contribution is -0.124. The number of nitrogens with two attached hydrogens (primary N) is 1. The molecule has 1 aromatic carbocycles. The van der Waals surface area contributed by atoms with Crippen LogP contribution in [0.5, 0.6) is 0 Å². The van der Waals surface area contributed by atoms with Gasteiger partial charge in [0.15, 0.2) is 0 Å². The number of nitrogens with zero attached hydrogens (tertiary/aromatic N) is 2. The largest absolute Gasteiger partial charge is 0.450 e. The van der Waals surface area contributed by atoms with Gasteiger partial charge in [-0.05, 0) is 12.5 Å². The fraction of sp³-hybridized carbons (Fsp3) is 0.467. The second-order valence-corrected chi connectivity index (χ2v) is 4.94. The Labute approximate surface area is 124 Å². The van der Waals surface area contributed by atoms with Crippen LogP contribution in [0.2, 0.25) is 0 Å². The zero-order valence-corrected chi connectivity index (χ0v) is 12.2. The average Bonchev–Trinajstić information content (AvgIpc) is 2.49. The van der Waals surface area contributed by atoms with Crippen LogP contribution in [-0.2, 0) is 9.53 Å². The van der Waals surface area contributed by atoms with Crippen molar-refractivity contribution in [3.8, 4) is 0 Å². The third-order valence-electron chi connectivity index (χ3n) is 3.59. The summed E-state index contributed by atoms with van der Waals surface area (Å²) in [5.41, 5.74) is 6.44. The molecule has 0 aliphatic carbocycles. The van der Waals surface area contributed by atoms with Gasteiger partial charge in [-0.3, -0.25) is 9.69 Å². The first-order valence-corrected chi connectivity index (χ1v) is 7.13. The standard InChI is InChI=1S/C15H21N3O3/c1-2-21-15(20)18-10-8-17(9-11-18)13(14(16)19)12-6-4-3-5-7-12/h3-7,13H,2,8-11H2,1H3,(H2,16,19)/t13-/m0/s1. The lowest BCUT2D eigenvalue weighted by Crippen LogP contribution is -2.52. The highest BCUT2D eigenvalue weighted by molar-refractivity contribution is 5.81. The van der Waals surface area contributed by atoms with Crippen LogP contribution in [0.25, 0.3) is 0 Å². The maximum atomic E-state index is 11.8. The lowest BCUT2D eigenvalue weighted by Gasteiger charge is -2.37. The Morgan fingerprint density at radius 2 is 1.81 bits per heavy atom. The number of piperazine rings is 1. The summed E-state index contributed by atoms with van der Waals surface area (Å²) in [5, 5.41) is 0. The first-order valence-electron chi connectivity index (χ1n) is 7.13. The highest BCUT2D eigenvalue weighted by atomic mass is 16.6. The van der Waals surface area contributed by atoms with E-state index in [9.17, 15) is 9.59 Å². The van der Waals surface area contributed by atoms with E-state index in [2.05, 4.69) is 0 Å². The molecule has 0 radical (unpaired) electrons. The van der Waals surface area contributed by atoms with Crippen molar-refractivity contribution in [3.05, 3.63) is 35.9 Å². The summed E-state index contributed by atoms with van der Waals surface area (Å²) in [6, 6.07) is 9.02. The van der Waals surface area contributed by atoms with E-state index in [-0.39, 0.29) is 12.0 Å². The number of amides is 2. The Balaban J connectivity index is 2.02. The van der Waals surface area contributed by atoms with Gasteiger partial charge < -0.3 is 15.4 Å². The molecule has 0 unspecified atom stereocenters. The summed E-state index contributed by atoms with van der Waals surface area (Å²) >= 11 is 0. The summed E-state index contributed by atoms with van der Waals surface area (Å²) in [4.78, 5) is 27.1. The Bertz CT molecular complexity index is 484. The van der Waals surface area contributed by atoms with Gasteiger partial charge >= 0.3 is 6.09 Å². The van der Waals surface area contributed by atoms with E-state index in [0.717, 1.165) is 5.56 Å². The lowest BCUT2D eigenvalue weighted by atomic mass is 10.0. The molecule has 1 aliphatic rings. The van der Waals surface area contributed by atoms with Crippen LogP contribution < -0.4 is 5.73 Å². The number of carbonyl (C=O) groups is 2. The van der Waals surface area contributed by atoms with Crippen molar-refractivity contribution in [1.82, 2.24) is 9.80 Å². The molecule has 6 nitrogen and oxygen atoms in total. The van der Waals surface area contributed by atoms with Gasteiger partial charge in [-0.25, -0.2) is 4.79 Å². The molecule has 2 rings (SSSR count). The van der Waals surface area contributed by atoms with E-state index < -0.39 is 6.04 Å². The minimum Gasteiger partial charge on any atom is -0.450 e. The quantitative estimate of drug-likeness (QED) is 0.897. The number of rotatable bonds is 4. The highest BCUT2D eigenvalue weighted by Crippen LogP contribution is 2.22. The number of carbonyl (C=O) groups excluding carboxylic acids is 2. The van der Waals surface area contributed by atoms with Gasteiger partial charge in [0.25, 0.3) is 0 Å². The first-order chi connectivity index (χ1) is 10.1. The monoisotopic (exact) mass is 291 g/mol. The van der Waals surface area contributed by atoms with Crippen molar-refractivity contribution in [2.45, 2.75) is 13.0 Å².